The molecular weight excluding hydrogens is 376 g/mol. The fraction of sp³-hybridized carbons (Fsp3) is 0.381. The molecule has 0 bridgehead atoms. The second kappa shape index (κ2) is 8.32. The molecule has 1 aliphatic rings. The van der Waals surface area contributed by atoms with Gasteiger partial charge in [0.15, 0.2) is 0 Å². The molecule has 28 heavy (non-hydrogen) atoms. The van der Waals surface area contributed by atoms with Gasteiger partial charge in [-0.15, -0.1) is 0 Å². The summed E-state index contributed by atoms with van der Waals surface area (Å²) in [6, 6.07) is 12.3. The largest absolute Gasteiger partial charge is 0.493 e. The smallest absolute Gasteiger partial charge is 0.257 e. The lowest BCUT2D eigenvalue weighted by molar-refractivity contribution is 0.0693. The van der Waals surface area contributed by atoms with Crippen molar-refractivity contribution >= 4 is 15.9 Å². The van der Waals surface area contributed by atoms with E-state index in [1.165, 1.54) is 4.31 Å². The number of benzene rings is 2. The zero-order chi connectivity index (χ0) is 20.3. The van der Waals surface area contributed by atoms with Gasteiger partial charge >= 0.3 is 0 Å². The molecule has 1 fully saturated rings. The summed E-state index contributed by atoms with van der Waals surface area (Å²) in [7, 11) is -3.56. The number of para-hydroxylation sites is 1. The van der Waals surface area contributed by atoms with Gasteiger partial charge in [0.25, 0.3) is 5.91 Å². The van der Waals surface area contributed by atoms with Gasteiger partial charge < -0.3 is 9.64 Å². The summed E-state index contributed by atoms with van der Waals surface area (Å²) < 4.78 is 32.9. The van der Waals surface area contributed by atoms with E-state index >= 15 is 0 Å². The molecule has 2 aromatic carbocycles. The Labute approximate surface area is 166 Å². The lowest BCUT2D eigenvalue weighted by Gasteiger charge is -2.34. The highest BCUT2D eigenvalue weighted by Crippen LogP contribution is 2.23. The molecule has 1 saturated heterocycles. The first kappa shape index (κ1) is 20.4. The molecular formula is C21H26N2O4S. The highest BCUT2D eigenvalue weighted by atomic mass is 32.2. The minimum atomic E-state index is -3.56. The van der Waals surface area contributed by atoms with Crippen molar-refractivity contribution < 1.29 is 17.9 Å². The third-order valence-corrected chi connectivity index (χ3v) is 6.95. The van der Waals surface area contributed by atoms with Crippen LogP contribution in [0.1, 0.15) is 28.4 Å². The normalized spacial score (nSPS) is 15.5. The quantitative estimate of drug-likeness (QED) is 0.771. The number of ether oxygens (including phenoxy) is 1. The van der Waals surface area contributed by atoms with Crippen molar-refractivity contribution in [3.05, 3.63) is 59.2 Å². The highest BCUT2D eigenvalue weighted by molar-refractivity contribution is 7.89. The third kappa shape index (κ3) is 4.05. The number of hydrogen-bond donors (Lipinski definition) is 0. The van der Waals surface area contributed by atoms with Crippen molar-refractivity contribution in [2.75, 3.05) is 32.8 Å². The molecule has 1 aliphatic heterocycles. The second-order valence-corrected chi connectivity index (χ2v) is 8.81. The first-order chi connectivity index (χ1) is 13.3. The first-order valence-corrected chi connectivity index (χ1v) is 10.9. The van der Waals surface area contributed by atoms with Gasteiger partial charge in [-0.25, -0.2) is 8.42 Å². The van der Waals surface area contributed by atoms with E-state index in [1.54, 1.807) is 35.2 Å². The topological polar surface area (TPSA) is 66.9 Å². The number of aryl methyl sites for hydroxylation is 2. The molecule has 0 saturated carbocycles. The van der Waals surface area contributed by atoms with Gasteiger partial charge in [0.1, 0.15) is 5.75 Å². The number of amides is 1. The molecule has 0 spiro atoms. The average Bonchev–Trinajstić information content (AvgIpc) is 2.70. The van der Waals surface area contributed by atoms with Crippen LogP contribution in [0.25, 0.3) is 0 Å². The SMILES string of the molecule is CCOc1ccccc1C(=O)N1CCN(S(=O)(=O)c2ccc(C)c(C)c2)CC1. The van der Waals surface area contributed by atoms with Crippen LogP contribution in [-0.2, 0) is 10.0 Å². The fourth-order valence-electron chi connectivity index (χ4n) is 3.25. The van der Waals surface area contributed by atoms with Gasteiger partial charge in [0, 0.05) is 26.2 Å². The number of piperazine rings is 1. The summed E-state index contributed by atoms with van der Waals surface area (Å²) in [5.41, 5.74) is 2.51. The summed E-state index contributed by atoms with van der Waals surface area (Å²) in [5, 5.41) is 0. The van der Waals surface area contributed by atoms with E-state index in [0.29, 0.717) is 35.9 Å². The maximum absolute atomic E-state index is 12.9. The summed E-state index contributed by atoms with van der Waals surface area (Å²) in [6.07, 6.45) is 0. The van der Waals surface area contributed by atoms with Crippen LogP contribution in [-0.4, -0.2) is 56.3 Å². The van der Waals surface area contributed by atoms with Gasteiger partial charge in [0.05, 0.1) is 17.1 Å². The fourth-order valence-corrected chi connectivity index (χ4v) is 4.76. The van der Waals surface area contributed by atoms with Crippen molar-refractivity contribution in [1.82, 2.24) is 9.21 Å². The minimum absolute atomic E-state index is 0.132. The van der Waals surface area contributed by atoms with Gasteiger partial charge in [-0.3, -0.25) is 4.79 Å². The Morgan fingerprint density at radius 2 is 1.68 bits per heavy atom. The van der Waals surface area contributed by atoms with E-state index in [2.05, 4.69) is 0 Å². The lowest BCUT2D eigenvalue weighted by Crippen LogP contribution is -2.50. The number of hydrogen-bond acceptors (Lipinski definition) is 4. The van der Waals surface area contributed by atoms with E-state index in [0.717, 1.165) is 11.1 Å². The summed E-state index contributed by atoms with van der Waals surface area (Å²) in [6.45, 7) is 7.46. The van der Waals surface area contributed by atoms with Crippen LogP contribution in [0, 0.1) is 13.8 Å². The van der Waals surface area contributed by atoms with Crippen LogP contribution >= 0.6 is 0 Å². The van der Waals surface area contributed by atoms with Crippen molar-refractivity contribution in [1.29, 1.82) is 0 Å². The number of sulfonamides is 1. The Morgan fingerprint density at radius 1 is 1.00 bits per heavy atom. The van der Waals surface area contributed by atoms with Gasteiger partial charge in [-0.2, -0.15) is 4.31 Å². The lowest BCUT2D eigenvalue weighted by atomic mass is 10.1. The number of carbonyl (C=O) groups is 1. The molecule has 0 unspecified atom stereocenters. The Hall–Kier alpha value is -2.38. The van der Waals surface area contributed by atoms with Crippen molar-refractivity contribution in [3.8, 4) is 5.75 Å². The Balaban J connectivity index is 1.72. The number of carbonyl (C=O) groups excluding carboxylic acids is 1. The Bertz CT molecular complexity index is 964. The maximum atomic E-state index is 12.9. The molecule has 0 aliphatic carbocycles. The molecule has 6 nitrogen and oxygen atoms in total. The van der Waals surface area contributed by atoms with E-state index < -0.39 is 10.0 Å². The van der Waals surface area contributed by atoms with Crippen LogP contribution < -0.4 is 4.74 Å². The van der Waals surface area contributed by atoms with Crippen LogP contribution in [0.5, 0.6) is 5.75 Å². The monoisotopic (exact) mass is 402 g/mol. The second-order valence-electron chi connectivity index (χ2n) is 6.87. The van der Waals surface area contributed by atoms with Crippen molar-refractivity contribution in [2.24, 2.45) is 0 Å². The van der Waals surface area contributed by atoms with Crippen molar-refractivity contribution in [2.45, 2.75) is 25.7 Å². The van der Waals surface area contributed by atoms with E-state index in [1.807, 2.05) is 32.9 Å². The van der Waals surface area contributed by atoms with Crippen LogP contribution in [0.2, 0.25) is 0 Å². The Morgan fingerprint density at radius 3 is 2.32 bits per heavy atom. The third-order valence-electron chi connectivity index (χ3n) is 5.06. The van der Waals surface area contributed by atoms with Gasteiger partial charge in [-0.1, -0.05) is 18.2 Å². The van der Waals surface area contributed by atoms with Crippen LogP contribution in [0.4, 0.5) is 0 Å². The van der Waals surface area contributed by atoms with Crippen LogP contribution in [0.15, 0.2) is 47.4 Å². The Kier molecular flexibility index (Phi) is 6.05. The average molecular weight is 403 g/mol. The van der Waals surface area contributed by atoms with E-state index in [9.17, 15) is 13.2 Å². The standard InChI is InChI=1S/C21H26N2O4S/c1-4-27-20-8-6-5-7-19(20)21(24)22-11-13-23(14-12-22)28(25,26)18-10-9-16(2)17(3)15-18/h5-10,15H,4,11-14H2,1-3H3. The zero-order valence-electron chi connectivity index (χ0n) is 16.5. The molecule has 3 rings (SSSR count). The molecule has 0 atom stereocenters. The molecule has 0 aromatic heterocycles. The number of rotatable bonds is 5. The van der Waals surface area contributed by atoms with Gasteiger partial charge in [-0.05, 0) is 56.2 Å². The molecule has 0 N–H and O–H groups in total. The first-order valence-electron chi connectivity index (χ1n) is 9.43. The highest BCUT2D eigenvalue weighted by Gasteiger charge is 2.31. The molecule has 0 radical (unpaired) electrons. The molecule has 2 aromatic rings. The minimum Gasteiger partial charge on any atom is -0.493 e. The van der Waals surface area contributed by atoms with Crippen molar-refractivity contribution in [3.63, 3.8) is 0 Å². The predicted molar refractivity (Wildman–Crippen MR) is 108 cm³/mol. The van der Waals surface area contributed by atoms with Gasteiger partial charge in [0.2, 0.25) is 10.0 Å². The summed E-state index contributed by atoms with van der Waals surface area (Å²) >= 11 is 0. The van der Waals surface area contributed by atoms with Crippen LogP contribution in [0.3, 0.4) is 0 Å². The van der Waals surface area contributed by atoms with E-state index in [-0.39, 0.29) is 19.0 Å². The summed E-state index contributed by atoms with van der Waals surface area (Å²) in [4.78, 5) is 14.9. The van der Waals surface area contributed by atoms with E-state index in [4.69, 9.17) is 4.74 Å². The number of nitrogens with zero attached hydrogens (tertiary/aromatic N) is 2. The summed E-state index contributed by atoms with van der Waals surface area (Å²) in [5.74, 6) is 0.424. The molecule has 1 amide bonds. The maximum Gasteiger partial charge on any atom is 0.257 e. The zero-order valence-corrected chi connectivity index (χ0v) is 17.3. The predicted octanol–water partition coefficient (Wildman–Crippen LogP) is 2.85. The molecule has 1 heterocycles. The molecule has 150 valence electrons. The molecule has 7 heteroatoms.